The molecule has 0 unspecified atom stereocenters. The first kappa shape index (κ1) is 13.0. The van der Waals surface area contributed by atoms with Crippen LogP contribution < -0.4 is 10.5 Å². The lowest BCUT2D eigenvalue weighted by Gasteiger charge is -2.17. The molecule has 0 fully saturated rings. The second-order valence-corrected chi connectivity index (χ2v) is 5.27. The first-order chi connectivity index (χ1) is 9.72. The van der Waals surface area contributed by atoms with E-state index in [0.29, 0.717) is 12.3 Å². The molecule has 104 valence electrons. The second-order valence-electron chi connectivity index (χ2n) is 5.27. The second kappa shape index (κ2) is 5.53. The maximum absolute atomic E-state index is 13.0. The van der Waals surface area contributed by atoms with Crippen LogP contribution in [0.25, 0.3) is 0 Å². The van der Waals surface area contributed by atoms with Crippen molar-refractivity contribution in [2.24, 2.45) is 0 Å². The summed E-state index contributed by atoms with van der Waals surface area (Å²) >= 11 is 0. The van der Waals surface area contributed by atoms with Gasteiger partial charge >= 0.3 is 0 Å². The van der Waals surface area contributed by atoms with E-state index in [-0.39, 0.29) is 5.82 Å². The Balaban J connectivity index is 1.72. The lowest BCUT2D eigenvalue weighted by Crippen LogP contribution is -2.04. The van der Waals surface area contributed by atoms with Gasteiger partial charge in [0, 0.05) is 11.3 Å². The molecule has 0 heterocycles. The number of rotatable bonds is 3. The summed E-state index contributed by atoms with van der Waals surface area (Å²) in [6.07, 6.45) is 4.83. The molecular weight excluding hydrogens is 253 g/mol. The summed E-state index contributed by atoms with van der Waals surface area (Å²) in [5, 5.41) is 0. The number of aryl methyl sites for hydroxylation is 2. The number of nitrogen functional groups attached to an aromatic ring is 1. The third kappa shape index (κ3) is 2.77. The molecule has 0 spiro atoms. The SMILES string of the molecule is Nc1cc(F)ccc1COc1ccc2c(c1)CCCC2. The predicted molar refractivity (Wildman–Crippen MR) is 78.2 cm³/mol. The number of hydrogen-bond acceptors (Lipinski definition) is 2. The van der Waals surface area contributed by atoms with Crippen LogP contribution in [0.5, 0.6) is 5.75 Å². The minimum atomic E-state index is -0.319. The molecule has 2 nitrogen and oxygen atoms in total. The van der Waals surface area contributed by atoms with E-state index >= 15 is 0 Å². The van der Waals surface area contributed by atoms with Gasteiger partial charge in [0.1, 0.15) is 18.2 Å². The van der Waals surface area contributed by atoms with Crippen LogP contribution in [0.2, 0.25) is 0 Å². The minimum Gasteiger partial charge on any atom is -0.489 e. The fraction of sp³-hybridized carbons (Fsp3) is 0.294. The molecule has 1 aliphatic rings. The van der Waals surface area contributed by atoms with Gasteiger partial charge in [0.2, 0.25) is 0 Å². The highest BCUT2D eigenvalue weighted by molar-refractivity contribution is 5.47. The van der Waals surface area contributed by atoms with Crippen molar-refractivity contribution in [2.75, 3.05) is 5.73 Å². The smallest absolute Gasteiger partial charge is 0.125 e. The molecule has 0 saturated heterocycles. The van der Waals surface area contributed by atoms with Crippen LogP contribution in [0.1, 0.15) is 29.5 Å². The van der Waals surface area contributed by atoms with Crippen LogP contribution in [0.15, 0.2) is 36.4 Å². The molecule has 0 atom stereocenters. The zero-order valence-corrected chi connectivity index (χ0v) is 11.4. The Morgan fingerprint density at radius 3 is 2.60 bits per heavy atom. The summed E-state index contributed by atoms with van der Waals surface area (Å²) in [6, 6.07) is 10.7. The van der Waals surface area contributed by atoms with Gasteiger partial charge in [-0.15, -0.1) is 0 Å². The Bertz CT molecular complexity index is 624. The van der Waals surface area contributed by atoms with E-state index in [1.54, 1.807) is 6.07 Å². The van der Waals surface area contributed by atoms with Crippen molar-refractivity contribution in [1.29, 1.82) is 0 Å². The lowest BCUT2D eigenvalue weighted by atomic mass is 9.92. The molecule has 0 saturated carbocycles. The highest BCUT2D eigenvalue weighted by Gasteiger charge is 2.10. The highest BCUT2D eigenvalue weighted by atomic mass is 19.1. The van der Waals surface area contributed by atoms with E-state index in [1.165, 1.54) is 42.5 Å². The van der Waals surface area contributed by atoms with Crippen LogP contribution in [0, 0.1) is 5.82 Å². The Labute approximate surface area is 118 Å². The van der Waals surface area contributed by atoms with E-state index in [0.717, 1.165) is 17.7 Å². The van der Waals surface area contributed by atoms with Crippen molar-refractivity contribution in [3.05, 3.63) is 58.9 Å². The third-order valence-corrected chi connectivity index (χ3v) is 3.82. The molecular formula is C17H18FNO. The van der Waals surface area contributed by atoms with Crippen molar-refractivity contribution < 1.29 is 9.13 Å². The van der Waals surface area contributed by atoms with Gasteiger partial charge in [0.25, 0.3) is 0 Å². The molecule has 3 rings (SSSR count). The number of halogens is 1. The Morgan fingerprint density at radius 1 is 1.00 bits per heavy atom. The summed E-state index contributed by atoms with van der Waals surface area (Å²) in [5.41, 5.74) is 9.84. The standard InChI is InChI=1S/C17H18FNO/c18-15-7-5-14(17(19)10-15)11-20-16-8-6-12-3-1-2-4-13(12)9-16/h5-10H,1-4,11,19H2. The predicted octanol–water partition coefficient (Wildman–Crippen LogP) is 3.87. The molecule has 2 aromatic carbocycles. The number of fused-ring (bicyclic) bond motifs is 1. The van der Waals surface area contributed by atoms with E-state index in [2.05, 4.69) is 12.1 Å². The molecule has 3 heteroatoms. The van der Waals surface area contributed by atoms with Crippen LogP contribution in [-0.4, -0.2) is 0 Å². The number of benzene rings is 2. The van der Waals surface area contributed by atoms with Gasteiger partial charge in [-0.1, -0.05) is 12.1 Å². The van der Waals surface area contributed by atoms with Gasteiger partial charge in [-0.25, -0.2) is 4.39 Å². The zero-order chi connectivity index (χ0) is 13.9. The Kier molecular flexibility index (Phi) is 3.59. The van der Waals surface area contributed by atoms with Gasteiger partial charge in [-0.05, 0) is 61.1 Å². The number of ether oxygens (including phenoxy) is 1. The zero-order valence-electron chi connectivity index (χ0n) is 11.4. The Hall–Kier alpha value is -2.03. The summed E-state index contributed by atoms with van der Waals surface area (Å²) in [4.78, 5) is 0. The van der Waals surface area contributed by atoms with Crippen LogP contribution in [-0.2, 0) is 19.4 Å². The van der Waals surface area contributed by atoms with Crippen molar-refractivity contribution in [3.63, 3.8) is 0 Å². The van der Waals surface area contributed by atoms with Gasteiger partial charge < -0.3 is 10.5 Å². The summed E-state index contributed by atoms with van der Waals surface area (Å²) in [6.45, 7) is 0.366. The maximum atomic E-state index is 13.0. The van der Waals surface area contributed by atoms with E-state index in [1.807, 2.05) is 6.07 Å². The number of anilines is 1. The minimum absolute atomic E-state index is 0.319. The molecule has 0 radical (unpaired) electrons. The number of hydrogen-bond donors (Lipinski definition) is 1. The molecule has 20 heavy (non-hydrogen) atoms. The van der Waals surface area contributed by atoms with Gasteiger partial charge in [-0.2, -0.15) is 0 Å². The first-order valence-corrected chi connectivity index (χ1v) is 7.01. The van der Waals surface area contributed by atoms with E-state index in [9.17, 15) is 4.39 Å². The molecule has 2 aromatic rings. The van der Waals surface area contributed by atoms with Crippen molar-refractivity contribution in [2.45, 2.75) is 32.3 Å². The fourth-order valence-corrected chi connectivity index (χ4v) is 2.66. The van der Waals surface area contributed by atoms with Crippen molar-refractivity contribution in [3.8, 4) is 5.75 Å². The van der Waals surface area contributed by atoms with Crippen molar-refractivity contribution >= 4 is 5.69 Å². The van der Waals surface area contributed by atoms with Gasteiger partial charge in [0.05, 0.1) is 0 Å². The van der Waals surface area contributed by atoms with Gasteiger partial charge in [0.15, 0.2) is 0 Å². The fourth-order valence-electron chi connectivity index (χ4n) is 2.66. The molecule has 0 aliphatic heterocycles. The van der Waals surface area contributed by atoms with Crippen molar-refractivity contribution in [1.82, 2.24) is 0 Å². The summed E-state index contributed by atoms with van der Waals surface area (Å²) in [7, 11) is 0. The van der Waals surface area contributed by atoms with Gasteiger partial charge in [-0.3, -0.25) is 0 Å². The first-order valence-electron chi connectivity index (χ1n) is 7.01. The molecule has 0 amide bonds. The third-order valence-electron chi connectivity index (χ3n) is 3.82. The average Bonchev–Trinajstić information content (AvgIpc) is 2.46. The van der Waals surface area contributed by atoms with E-state index < -0.39 is 0 Å². The molecule has 1 aliphatic carbocycles. The van der Waals surface area contributed by atoms with Crippen LogP contribution in [0.3, 0.4) is 0 Å². The summed E-state index contributed by atoms with van der Waals surface area (Å²) < 4.78 is 18.8. The highest BCUT2D eigenvalue weighted by Crippen LogP contribution is 2.26. The van der Waals surface area contributed by atoms with Crippen LogP contribution >= 0.6 is 0 Å². The number of nitrogens with two attached hydrogens (primary N) is 1. The maximum Gasteiger partial charge on any atom is 0.125 e. The van der Waals surface area contributed by atoms with Crippen LogP contribution in [0.4, 0.5) is 10.1 Å². The topological polar surface area (TPSA) is 35.2 Å². The molecule has 0 aromatic heterocycles. The van der Waals surface area contributed by atoms with E-state index in [4.69, 9.17) is 10.5 Å². The normalized spacial score (nSPS) is 13.8. The quantitative estimate of drug-likeness (QED) is 0.860. The molecule has 2 N–H and O–H groups in total. The Morgan fingerprint density at radius 2 is 1.80 bits per heavy atom. The largest absolute Gasteiger partial charge is 0.489 e. The molecule has 0 bridgehead atoms. The lowest BCUT2D eigenvalue weighted by molar-refractivity contribution is 0.306. The summed E-state index contributed by atoms with van der Waals surface area (Å²) in [5.74, 6) is 0.536. The monoisotopic (exact) mass is 271 g/mol. The average molecular weight is 271 g/mol.